The highest BCUT2D eigenvalue weighted by Crippen LogP contribution is 2.32. The predicted octanol–water partition coefficient (Wildman–Crippen LogP) is 1.89. The number of piperidine rings is 1. The molecule has 0 saturated carbocycles. The Kier molecular flexibility index (Phi) is 3.99. The monoisotopic (exact) mass is 456 g/mol. The number of nitrogens with one attached hydrogen (secondary N) is 2. The Balaban J connectivity index is 1.40. The minimum absolute atomic E-state index is 0.111. The fraction of sp³-hybridized carbons (Fsp3) is 0.400. The zero-order valence-electron chi connectivity index (χ0n) is 25.8. The molecule has 8 nitrogen and oxygen atoms in total. The van der Waals surface area contributed by atoms with Crippen molar-refractivity contribution >= 4 is 23.4 Å². The molecular weight excluding hydrogens is 420 g/mol. The number of carbonyl (C=O) groups excluding carboxylic acids is 3. The average Bonchev–Trinajstić information content (AvgIpc) is 3.26. The molecule has 1 atom stereocenters. The number of benzene rings is 2. The van der Waals surface area contributed by atoms with Crippen LogP contribution in [-0.4, -0.2) is 59.9 Å². The van der Waals surface area contributed by atoms with Crippen LogP contribution < -0.4 is 10.6 Å². The highest BCUT2D eigenvalue weighted by Gasteiger charge is 2.39. The van der Waals surface area contributed by atoms with Crippen LogP contribution in [0.5, 0.6) is 0 Å². The Morgan fingerprint density at radius 1 is 1.12 bits per heavy atom. The lowest BCUT2D eigenvalue weighted by molar-refractivity contribution is -0.136. The number of morpholine rings is 1. The molecule has 1 unspecified atom stereocenters. The fourth-order valence-electron chi connectivity index (χ4n) is 4.06. The van der Waals surface area contributed by atoms with Crippen LogP contribution in [0.2, 0.25) is 0 Å². The van der Waals surface area contributed by atoms with Gasteiger partial charge in [0.1, 0.15) is 6.04 Å². The van der Waals surface area contributed by atoms with Crippen molar-refractivity contribution in [2.24, 2.45) is 0 Å². The van der Waals surface area contributed by atoms with Crippen molar-refractivity contribution in [1.82, 2.24) is 15.1 Å². The zero-order chi connectivity index (χ0) is 29.9. The topological polar surface area (TPSA) is 91.0 Å². The number of imide groups is 1. The van der Waals surface area contributed by atoms with E-state index in [1.807, 2.05) is 10.2 Å². The first-order valence-electron chi connectivity index (χ1n) is 14.7. The van der Waals surface area contributed by atoms with Crippen molar-refractivity contribution in [3.05, 3.63) is 64.6 Å². The molecule has 5 rings (SSSR count). The van der Waals surface area contributed by atoms with Crippen molar-refractivity contribution < 1.29 is 30.1 Å². The van der Waals surface area contributed by atoms with Crippen molar-refractivity contribution in [3.63, 3.8) is 0 Å². The fourth-order valence-corrected chi connectivity index (χ4v) is 4.06. The molecule has 2 aromatic rings. The maximum Gasteiger partial charge on any atom is 0.255 e. The summed E-state index contributed by atoms with van der Waals surface area (Å²) in [6.07, 6.45) is -6.07. The van der Waals surface area contributed by atoms with E-state index in [0.29, 0.717) is 43.1 Å². The lowest BCUT2D eigenvalue weighted by Crippen LogP contribution is -2.52. The van der Waals surface area contributed by atoms with Gasteiger partial charge in [-0.05, 0) is 29.6 Å². The highest BCUT2D eigenvalue weighted by molar-refractivity contribution is 6.06. The van der Waals surface area contributed by atoms with Crippen molar-refractivity contribution in [3.8, 4) is 0 Å². The largest absolute Gasteiger partial charge is 0.381 e. The number of rotatable bonds is 6. The summed E-state index contributed by atoms with van der Waals surface area (Å²) < 4.78 is 71.8. The van der Waals surface area contributed by atoms with Crippen molar-refractivity contribution in [2.45, 2.75) is 38.4 Å². The number of carbonyl (C=O) groups is 3. The first-order valence-corrected chi connectivity index (χ1v) is 10.7. The van der Waals surface area contributed by atoms with Gasteiger partial charge < -0.3 is 15.0 Å². The Bertz CT molecular complexity index is 1420. The second-order valence-corrected chi connectivity index (χ2v) is 7.95. The van der Waals surface area contributed by atoms with E-state index < -0.39 is 36.5 Å². The first kappa shape index (κ1) is 14.1. The zero-order valence-corrected chi connectivity index (χ0v) is 17.8. The van der Waals surface area contributed by atoms with Gasteiger partial charge in [0.2, 0.25) is 11.8 Å². The van der Waals surface area contributed by atoms with E-state index in [9.17, 15) is 14.4 Å². The third-order valence-electron chi connectivity index (χ3n) is 5.78. The maximum atomic E-state index is 13.3. The molecule has 0 spiro atoms. The number of nitrogens with zero attached hydrogens (tertiary/aromatic N) is 2. The van der Waals surface area contributed by atoms with Gasteiger partial charge >= 0.3 is 0 Å². The number of amides is 3. The standard InChI is InChI=1S/C25H28N4O4/c30-23-9-8-22(24(31)27-23)29-16-20-19(25(29)32)2-1-3-21(20)26-14-17-4-6-18(7-5-17)15-28-10-12-33-13-11-28/h1-7,22,26H,8-16H2,(H,27,30,31)/i4D,5D,6D,7D,8D2,9D2. The van der Waals surface area contributed by atoms with Crippen LogP contribution in [0.25, 0.3) is 0 Å². The van der Waals surface area contributed by atoms with Gasteiger partial charge in [0.15, 0.2) is 0 Å². The van der Waals surface area contributed by atoms with Crippen molar-refractivity contribution in [1.29, 1.82) is 0 Å². The van der Waals surface area contributed by atoms with Crippen LogP contribution in [0.1, 0.15) is 50.8 Å². The van der Waals surface area contributed by atoms with Gasteiger partial charge in [0.05, 0.1) is 18.7 Å². The SMILES string of the molecule is [2H]c1c([2H])c(CN2CCOCC2)c([2H])c([2H])c1CNc1cccc2c1CN(C1C(=O)NC(=O)C([2H])([2H])C1([2H])[2H])C2=O. The normalized spacial score (nSPS) is 27.7. The lowest BCUT2D eigenvalue weighted by atomic mass is 10.0. The summed E-state index contributed by atoms with van der Waals surface area (Å²) >= 11 is 0. The smallest absolute Gasteiger partial charge is 0.255 e. The first-order chi connectivity index (χ1) is 19.3. The summed E-state index contributed by atoms with van der Waals surface area (Å²) in [7, 11) is 0. The molecule has 3 heterocycles. The molecule has 33 heavy (non-hydrogen) atoms. The number of hydrogen-bond donors (Lipinski definition) is 2. The van der Waals surface area contributed by atoms with E-state index >= 15 is 0 Å². The molecule has 2 N–H and O–H groups in total. The number of fused-ring (bicyclic) bond motifs is 1. The molecule has 2 aromatic carbocycles. The summed E-state index contributed by atoms with van der Waals surface area (Å²) in [5.41, 5.74) is 1.35. The van der Waals surface area contributed by atoms with E-state index in [1.54, 1.807) is 12.1 Å². The average molecular weight is 457 g/mol. The maximum absolute atomic E-state index is 13.3. The van der Waals surface area contributed by atoms with E-state index in [4.69, 9.17) is 15.7 Å². The molecule has 2 saturated heterocycles. The second kappa shape index (κ2) is 9.33. The van der Waals surface area contributed by atoms with Crippen LogP contribution in [0.3, 0.4) is 0 Å². The number of anilines is 1. The molecule has 3 aliphatic rings. The van der Waals surface area contributed by atoms with Crippen LogP contribution in [-0.2, 0) is 34.0 Å². The molecule has 3 aliphatic heterocycles. The third-order valence-corrected chi connectivity index (χ3v) is 5.78. The third kappa shape index (κ3) is 4.62. The molecule has 0 aliphatic carbocycles. The molecule has 2 fully saturated rings. The number of hydrogen-bond acceptors (Lipinski definition) is 6. The van der Waals surface area contributed by atoms with Crippen LogP contribution in [0.15, 0.2) is 42.4 Å². The van der Waals surface area contributed by atoms with E-state index in [-0.39, 0.29) is 54.9 Å². The van der Waals surface area contributed by atoms with Gasteiger partial charge in [0, 0.05) is 61.4 Å². The number of ether oxygens (including phenoxy) is 1. The molecule has 0 aromatic heterocycles. The Morgan fingerprint density at radius 2 is 1.88 bits per heavy atom. The highest BCUT2D eigenvalue weighted by atomic mass is 16.5. The van der Waals surface area contributed by atoms with E-state index in [0.717, 1.165) is 4.90 Å². The Labute approximate surface area is 204 Å². The van der Waals surface area contributed by atoms with Gasteiger partial charge in [-0.15, -0.1) is 0 Å². The van der Waals surface area contributed by atoms with Gasteiger partial charge in [-0.25, -0.2) is 0 Å². The molecule has 172 valence electrons. The summed E-state index contributed by atoms with van der Waals surface area (Å²) in [6.45, 7) is 2.22. The summed E-state index contributed by atoms with van der Waals surface area (Å²) in [6, 6.07) is 2.11. The van der Waals surface area contributed by atoms with E-state index in [1.165, 1.54) is 6.07 Å². The summed E-state index contributed by atoms with van der Waals surface area (Å²) in [5.74, 6) is -3.24. The van der Waals surface area contributed by atoms with Gasteiger partial charge in [-0.2, -0.15) is 0 Å². The van der Waals surface area contributed by atoms with Gasteiger partial charge in [-0.1, -0.05) is 30.2 Å². The Hall–Kier alpha value is -3.23. The van der Waals surface area contributed by atoms with Gasteiger partial charge in [0.25, 0.3) is 5.91 Å². The minimum Gasteiger partial charge on any atom is -0.381 e. The Morgan fingerprint density at radius 3 is 2.67 bits per heavy atom. The van der Waals surface area contributed by atoms with Crippen LogP contribution in [0.4, 0.5) is 5.69 Å². The van der Waals surface area contributed by atoms with Gasteiger partial charge in [-0.3, -0.25) is 24.6 Å². The summed E-state index contributed by atoms with van der Waals surface area (Å²) in [4.78, 5) is 40.8. The predicted molar refractivity (Wildman–Crippen MR) is 122 cm³/mol. The van der Waals surface area contributed by atoms with Crippen LogP contribution >= 0.6 is 0 Å². The van der Waals surface area contributed by atoms with Crippen molar-refractivity contribution in [2.75, 3.05) is 31.6 Å². The van der Waals surface area contributed by atoms with E-state index in [2.05, 4.69) is 5.32 Å². The lowest BCUT2D eigenvalue weighted by Gasteiger charge is -2.29. The molecule has 3 amide bonds. The molecule has 0 bridgehead atoms. The molecular formula is C25H28N4O4. The quantitative estimate of drug-likeness (QED) is 0.645. The molecule has 0 radical (unpaired) electrons. The van der Waals surface area contributed by atoms with Crippen LogP contribution in [0, 0.1) is 0 Å². The molecule has 8 heteroatoms. The summed E-state index contributed by atoms with van der Waals surface area (Å²) in [5, 5.41) is 4.89. The second-order valence-electron chi connectivity index (χ2n) is 7.95. The minimum atomic E-state index is -3.06.